The number of halogens is 1. The summed E-state index contributed by atoms with van der Waals surface area (Å²) in [5.41, 5.74) is 3.54. The minimum absolute atomic E-state index is 0.173. The van der Waals surface area contributed by atoms with E-state index in [2.05, 4.69) is 17.4 Å². The molecule has 3 aromatic rings. The lowest BCUT2D eigenvalue weighted by molar-refractivity contribution is -0.111. The predicted octanol–water partition coefficient (Wildman–Crippen LogP) is 5.08. The van der Waals surface area contributed by atoms with Crippen molar-refractivity contribution in [2.45, 2.75) is 6.42 Å². The zero-order valence-corrected chi connectivity index (χ0v) is 15.0. The number of hydrogen-bond donors (Lipinski definition) is 1. The molecule has 0 aromatic heterocycles. The fourth-order valence-electron chi connectivity index (χ4n) is 2.74. The van der Waals surface area contributed by atoms with E-state index in [0.717, 1.165) is 17.7 Å². The third kappa shape index (κ3) is 5.05. The number of carbonyl (C=O) groups excluding carboxylic acids is 1. The summed E-state index contributed by atoms with van der Waals surface area (Å²) in [6, 6.07) is 22.3. The Morgan fingerprint density at radius 1 is 1.04 bits per heavy atom. The fourth-order valence-corrected chi connectivity index (χ4v) is 2.74. The Kier molecular flexibility index (Phi) is 6.00. The van der Waals surface area contributed by atoms with Crippen LogP contribution >= 0.6 is 0 Å². The van der Waals surface area contributed by atoms with Gasteiger partial charge in [-0.2, -0.15) is 0 Å². The molecule has 0 spiro atoms. The summed E-state index contributed by atoms with van der Waals surface area (Å²) in [7, 11) is 1.41. The SMILES string of the molecule is COc1ccc(/C=C/C(=O)Nc2ccccc2Cc2ccccc2)cc1F. The monoisotopic (exact) mass is 361 g/mol. The molecule has 0 unspecified atom stereocenters. The van der Waals surface area contributed by atoms with E-state index in [-0.39, 0.29) is 11.7 Å². The fraction of sp³-hybridized carbons (Fsp3) is 0.0870. The van der Waals surface area contributed by atoms with E-state index in [0.29, 0.717) is 5.56 Å². The molecule has 3 aromatic carbocycles. The van der Waals surface area contributed by atoms with Crippen molar-refractivity contribution < 1.29 is 13.9 Å². The third-order valence-electron chi connectivity index (χ3n) is 4.12. The Morgan fingerprint density at radius 3 is 2.52 bits per heavy atom. The van der Waals surface area contributed by atoms with Crippen molar-refractivity contribution in [3.05, 3.63) is 101 Å². The van der Waals surface area contributed by atoms with Crippen molar-refractivity contribution >= 4 is 17.7 Å². The van der Waals surface area contributed by atoms with Gasteiger partial charge in [0.25, 0.3) is 0 Å². The van der Waals surface area contributed by atoms with Crippen LogP contribution in [-0.2, 0) is 11.2 Å². The van der Waals surface area contributed by atoms with Gasteiger partial charge in [-0.25, -0.2) is 4.39 Å². The molecule has 1 amide bonds. The van der Waals surface area contributed by atoms with E-state index in [1.54, 1.807) is 12.1 Å². The zero-order chi connectivity index (χ0) is 19.1. The van der Waals surface area contributed by atoms with Crippen LogP contribution in [0.3, 0.4) is 0 Å². The number of amides is 1. The molecule has 0 heterocycles. The largest absolute Gasteiger partial charge is 0.494 e. The molecule has 0 saturated heterocycles. The number of carbonyl (C=O) groups is 1. The first-order valence-corrected chi connectivity index (χ1v) is 8.60. The molecule has 0 radical (unpaired) electrons. The first kappa shape index (κ1) is 18.4. The highest BCUT2D eigenvalue weighted by molar-refractivity contribution is 6.02. The second-order valence-electron chi connectivity index (χ2n) is 6.04. The quantitative estimate of drug-likeness (QED) is 0.622. The van der Waals surface area contributed by atoms with Gasteiger partial charge >= 0.3 is 0 Å². The Labute approximate surface area is 158 Å². The summed E-state index contributed by atoms with van der Waals surface area (Å²) < 4.78 is 18.6. The first-order chi connectivity index (χ1) is 13.2. The first-order valence-electron chi connectivity index (χ1n) is 8.60. The zero-order valence-electron chi connectivity index (χ0n) is 15.0. The molecular formula is C23H20FNO2. The molecule has 0 aliphatic carbocycles. The summed E-state index contributed by atoms with van der Waals surface area (Å²) in [5, 5.41) is 2.89. The van der Waals surface area contributed by atoms with E-state index < -0.39 is 5.82 Å². The summed E-state index contributed by atoms with van der Waals surface area (Å²) in [5.74, 6) is -0.563. The van der Waals surface area contributed by atoms with Gasteiger partial charge in [-0.05, 0) is 47.4 Å². The van der Waals surface area contributed by atoms with E-state index in [9.17, 15) is 9.18 Å². The Bertz CT molecular complexity index is 952. The summed E-state index contributed by atoms with van der Waals surface area (Å²) >= 11 is 0. The smallest absolute Gasteiger partial charge is 0.248 e. The molecule has 0 saturated carbocycles. The van der Waals surface area contributed by atoms with Gasteiger partial charge in [-0.3, -0.25) is 4.79 Å². The van der Waals surface area contributed by atoms with Crippen molar-refractivity contribution in [2.24, 2.45) is 0 Å². The Balaban J connectivity index is 1.70. The average molecular weight is 361 g/mol. The van der Waals surface area contributed by atoms with E-state index in [1.807, 2.05) is 42.5 Å². The van der Waals surface area contributed by atoms with Crippen molar-refractivity contribution in [2.75, 3.05) is 12.4 Å². The van der Waals surface area contributed by atoms with Crippen molar-refractivity contribution in [1.82, 2.24) is 0 Å². The molecule has 0 atom stereocenters. The highest BCUT2D eigenvalue weighted by atomic mass is 19.1. The molecule has 0 bridgehead atoms. The van der Waals surface area contributed by atoms with Crippen molar-refractivity contribution in [3.8, 4) is 5.75 Å². The van der Waals surface area contributed by atoms with Gasteiger partial charge in [0.15, 0.2) is 11.6 Å². The van der Waals surface area contributed by atoms with Gasteiger partial charge in [0.05, 0.1) is 7.11 Å². The standard InChI is InChI=1S/C23H20FNO2/c1-27-22-13-11-18(16-20(22)24)12-14-23(26)25-21-10-6-5-9-19(21)15-17-7-3-2-4-8-17/h2-14,16H,15H2,1H3,(H,25,26)/b14-12+. The number of benzene rings is 3. The molecule has 136 valence electrons. The molecule has 1 N–H and O–H groups in total. The van der Waals surface area contributed by atoms with Crippen LogP contribution in [0, 0.1) is 5.82 Å². The predicted molar refractivity (Wildman–Crippen MR) is 106 cm³/mol. The summed E-state index contributed by atoms with van der Waals surface area (Å²) in [4.78, 5) is 12.3. The van der Waals surface area contributed by atoms with Gasteiger partial charge in [-0.1, -0.05) is 54.6 Å². The maximum Gasteiger partial charge on any atom is 0.248 e. The van der Waals surface area contributed by atoms with Gasteiger partial charge < -0.3 is 10.1 Å². The number of para-hydroxylation sites is 1. The second-order valence-corrected chi connectivity index (χ2v) is 6.04. The normalized spacial score (nSPS) is 10.7. The third-order valence-corrected chi connectivity index (χ3v) is 4.12. The number of anilines is 1. The minimum atomic E-state index is -0.465. The number of rotatable bonds is 6. The van der Waals surface area contributed by atoms with Crippen LogP contribution in [0.5, 0.6) is 5.75 Å². The van der Waals surface area contributed by atoms with Crippen LogP contribution in [0.4, 0.5) is 10.1 Å². The van der Waals surface area contributed by atoms with Crippen LogP contribution in [0.2, 0.25) is 0 Å². The highest BCUT2D eigenvalue weighted by Crippen LogP contribution is 2.20. The van der Waals surface area contributed by atoms with Gasteiger partial charge in [0.1, 0.15) is 0 Å². The van der Waals surface area contributed by atoms with Crippen LogP contribution in [-0.4, -0.2) is 13.0 Å². The Morgan fingerprint density at radius 2 is 1.78 bits per heavy atom. The topological polar surface area (TPSA) is 38.3 Å². The van der Waals surface area contributed by atoms with Crippen LogP contribution in [0.15, 0.2) is 78.9 Å². The Hall–Kier alpha value is -3.40. The summed E-state index contributed by atoms with van der Waals surface area (Å²) in [6.07, 6.45) is 3.68. The highest BCUT2D eigenvalue weighted by Gasteiger charge is 2.06. The maximum absolute atomic E-state index is 13.7. The van der Waals surface area contributed by atoms with Crippen LogP contribution in [0.1, 0.15) is 16.7 Å². The van der Waals surface area contributed by atoms with Crippen molar-refractivity contribution in [1.29, 1.82) is 0 Å². The van der Waals surface area contributed by atoms with Gasteiger partial charge in [-0.15, -0.1) is 0 Å². The molecule has 3 nitrogen and oxygen atoms in total. The molecular weight excluding hydrogens is 341 g/mol. The van der Waals surface area contributed by atoms with Gasteiger partial charge in [0.2, 0.25) is 5.91 Å². The lowest BCUT2D eigenvalue weighted by Crippen LogP contribution is -2.10. The number of methoxy groups -OCH3 is 1. The molecule has 4 heteroatoms. The number of ether oxygens (including phenoxy) is 1. The maximum atomic E-state index is 13.7. The van der Waals surface area contributed by atoms with Crippen molar-refractivity contribution in [3.63, 3.8) is 0 Å². The lowest BCUT2D eigenvalue weighted by atomic mass is 10.0. The number of nitrogens with one attached hydrogen (secondary N) is 1. The van der Waals surface area contributed by atoms with E-state index in [1.165, 1.54) is 30.9 Å². The van der Waals surface area contributed by atoms with Gasteiger partial charge in [0, 0.05) is 11.8 Å². The van der Waals surface area contributed by atoms with E-state index in [4.69, 9.17) is 4.74 Å². The minimum Gasteiger partial charge on any atom is -0.494 e. The molecule has 0 aliphatic heterocycles. The second kappa shape index (κ2) is 8.81. The molecule has 3 rings (SSSR count). The van der Waals surface area contributed by atoms with Crippen LogP contribution < -0.4 is 10.1 Å². The number of hydrogen-bond acceptors (Lipinski definition) is 2. The molecule has 0 fully saturated rings. The molecule has 27 heavy (non-hydrogen) atoms. The van der Waals surface area contributed by atoms with E-state index >= 15 is 0 Å². The molecule has 0 aliphatic rings. The summed E-state index contributed by atoms with van der Waals surface area (Å²) in [6.45, 7) is 0. The average Bonchev–Trinajstić information content (AvgIpc) is 2.69. The lowest BCUT2D eigenvalue weighted by Gasteiger charge is -2.10. The van der Waals surface area contributed by atoms with Crippen LogP contribution in [0.25, 0.3) is 6.08 Å².